The van der Waals surface area contributed by atoms with Gasteiger partial charge in [0.15, 0.2) is 9.84 Å². The average Bonchev–Trinajstić information content (AvgIpc) is 2.47. The Morgan fingerprint density at radius 3 is 2.86 bits per heavy atom. The molecule has 0 amide bonds. The minimum atomic E-state index is -2.94. The van der Waals surface area contributed by atoms with Crippen molar-refractivity contribution in [3.8, 4) is 0 Å². The van der Waals surface area contributed by atoms with Crippen LogP contribution in [0.3, 0.4) is 0 Å². The topological polar surface area (TPSA) is 50.3 Å². The highest BCUT2D eigenvalue weighted by Gasteiger charge is 2.27. The maximum absolute atomic E-state index is 11.8. The van der Waals surface area contributed by atoms with E-state index in [1.165, 1.54) is 11.8 Å². The van der Waals surface area contributed by atoms with Crippen molar-refractivity contribution in [3.05, 3.63) is 41.6 Å². The number of likely N-dealkylation sites (tertiary alicyclic amines) is 1. The summed E-state index contributed by atoms with van der Waals surface area (Å²) in [7, 11) is -2.94. The van der Waals surface area contributed by atoms with Crippen LogP contribution in [-0.4, -0.2) is 42.9 Å². The van der Waals surface area contributed by atoms with Crippen LogP contribution in [-0.2, 0) is 16.4 Å². The third-order valence-electron chi connectivity index (χ3n) is 4.37. The molecule has 1 aliphatic heterocycles. The maximum atomic E-state index is 11.8. The number of aromatic nitrogens is 1. The van der Waals surface area contributed by atoms with Gasteiger partial charge in [0, 0.05) is 30.4 Å². The minimum absolute atomic E-state index is 0.217. The zero-order valence-electron chi connectivity index (χ0n) is 13.1. The van der Waals surface area contributed by atoms with Crippen LogP contribution < -0.4 is 0 Å². The van der Waals surface area contributed by atoms with Crippen LogP contribution in [0, 0.1) is 6.92 Å². The Kier molecular flexibility index (Phi) is 4.19. The van der Waals surface area contributed by atoms with E-state index in [2.05, 4.69) is 34.1 Å². The highest BCUT2D eigenvalue weighted by atomic mass is 32.2. The van der Waals surface area contributed by atoms with Crippen LogP contribution >= 0.6 is 0 Å². The van der Waals surface area contributed by atoms with Crippen LogP contribution in [0.5, 0.6) is 0 Å². The molecule has 1 aromatic heterocycles. The van der Waals surface area contributed by atoms with Gasteiger partial charge in [-0.25, -0.2) is 8.42 Å². The summed E-state index contributed by atoms with van der Waals surface area (Å²) in [6, 6.07) is 10.4. The van der Waals surface area contributed by atoms with Gasteiger partial charge < -0.3 is 0 Å². The quantitative estimate of drug-likeness (QED) is 0.873. The summed E-state index contributed by atoms with van der Waals surface area (Å²) >= 11 is 0. The molecule has 1 fully saturated rings. The van der Waals surface area contributed by atoms with Crippen molar-refractivity contribution in [1.29, 1.82) is 0 Å². The Labute approximate surface area is 132 Å². The van der Waals surface area contributed by atoms with E-state index in [0.717, 1.165) is 42.5 Å². The van der Waals surface area contributed by atoms with Gasteiger partial charge in [-0.1, -0.05) is 12.1 Å². The number of aryl methyl sites for hydroxylation is 1. The van der Waals surface area contributed by atoms with Crippen LogP contribution in [0.25, 0.3) is 10.9 Å². The highest BCUT2D eigenvalue weighted by molar-refractivity contribution is 7.91. The summed E-state index contributed by atoms with van der Waals surface area (Å²) in [6.45, 7) is 4.40. The molecule has 0 radical (unpaired) electrons. The number of nitrogens with zero attached hydrogens (tertiary/aromatic N) is 2. The van der Waals surface area contributed by atoms with Gasteiger partial charge >= 0.3 is 0 Å². The Bertz CT molecular complexity index is 786. The fraction of sp³-hybridized carbons (Fsp3) is 0.471. The second-order valence-electron chi connectivity index (χ2n) is 6.31. The summed E-state index contributed by atoms with van der Waals surface area (Å²) < 4.78 is 23.5. The number of hydrogen-bond donors (Lipinski definition) is 0. The largest absolute Gasteiger partial charge is 0.298 e. The first kappa shape index (κ1) is 15.4. The number of benzene rings is 1. The van der Waals surface area contributed by atoms with Crippen LogP contribution in [0.15, 0.2) is 30.3 Å². The lowest BCUT2D eigenvalue weighted by molar-refractivity contribution is 0.222. The molecule has 2 heterocycles. The summed E-state index contributed by atoms with van der Waals surface area (Å²) in [5, 5.41) is 0.922. The second kappa shape index (κ2) is 5.97. The maximum Gasteiger partial charge on any atom is 0.151 e. The monoisotopic (exact) mass is 318 g/mol. The van der Waals surface area contributed by atoms with E-state index in [4.69, 9.17) is 0 Å². The van der Waals surface area contributed by atoms with Gasteiger partial charge in [0.1, 0.15) is 0 Å². The van der Waals surface area contributed by atoms with Crippen molar-refractivity contribution in [2.45, 2.75) is 31.6 Å². The van der Waals surface area contributed by atoms with E-state index in [1.54, 1.807) is 0 Å². The molecule has 0 bridgehead atoms. The first-order chi connectivity index (χ1) is 10.4. The molecule has 4 nitrogen and oxygen atoms in total. The fourth-order valence-electron chi connectivity index (χ4n) is 3.14. The van der Waals surface area contributed by atoms with Gasteiger partial charge in [-0.2, -0.15) is 0 Å². The summed E-state index contributed by atoms with van der Waals surface area (Å²) in [6.07, 6.45) is 3.09. The molecule has 0 spiro atoms. The lowest BCUT2D eigenvalue weighted by Crippen LogP contribution is -2.41. The predicted octanol–water partition coefficient (Wildman–Crippen LogP) is 2.55. The molecule has 1 aliphatic rings. The number of sulfone groups is 1. The van der Waals surface area contributed by atoms with E-state index in [9.17, 15) is 8.42 Å². The highest BCUT2D eigenvalue weighted by Crippen LogP contribution is 2.20. The molecule has 0 aliphatic carbocycles. The fourth-order valence-corrected chi connectivity index (χ4v) is 4.22. The summed E-state index contributed by atoms with van der Waals surface area (Å²) in [5.74, 6) is 0. The third-order valence-corrected chi connectivity index (χ3v) is 5.96. The molecule has 1 saturated heterocycles. The zero-order valence-corrected chi connectivity index (χ0v) is 13.9. The molecule has 1 aromatic carbocycles. The number of rotatable bonds is 3. The summed E-state index contributed by atoms with van der Waals surface area (Å²) in [4.78, 5) is 6.76. The predicted molar refractivity (Wildman–Crippen MR) is 89.6 cm³/mol. The lowest BCUT2D eigenvalue weighted by atomic mass is 10.1. The second-order valence-corrected chi connectivity index (χ2v) is 8.63. The van der Waals surface area contributed by atoms with E-state index in [1.807, 2.05) is 13.0 Å². The molecular formula is C17H22N2O2S. The van der Waals surface area contributed by atoms with Gasteiger partial charge in [-0.3, -0.25) is 9.88 Å². The van der Waals surface area contributed by atoms with Crippen molar-refractivity contribution >= 4 is 20.7 Å². The van der Waals surface area contributed by atoms with E-state index >= 15 is 0 Å². The van der Waals surface area contributed by atoms with E-state index < -0.39 is 9.84 Å². The van der Waals surface area contributed by atoms with Gasteiger partial charge in [0.25, 0.3) is 0 Å². The van der Waals surface area contributed by atoms with Gasteiger partial charge in [0.2, 0.25) is 0 Å². The smallest absolute Gasteiger partial charge is 0.151 e. The average molecular weight is 318 g/mol. The number of piperidine rings is 1. The van der Waals surface area contributed by atoms with Crippen LogP contribution in [0.4, 0.5) is 0 Å². The van der Waals surface area contributed by atoms with Gasteiger partial charge in [-0.05, 0) is 50.1 Å². The molecule has 1 atom stereocenters. The Balaban J connectivity index is 1.76. The molecule has 1 unspecified atom stereocenters. The molecular weight excluding hydrogens is 296 g/mol. The van der Waals surface area contributed by atoms with Gasteiger partial charge in [-0.15, -0.1) is 0 Å². The Morgan fingerprint density at radius 2 is 2.09 bits per heavy atom. The van der Waals surface area contributed by atoms with Gasteiger partial charge in [0.05, 0.1) is 10.8 Å². The first-order valence-corrected chi connectivity index (χ1v) is 9.65. The SMILES string of the molecule is Cc1ccc2cc(CN3CCCC(S(C)(=O)=O)C3)ccc2n1. The third kappa shape index (κ3) is 3.47. The van der Waals surface area contributed by atoms with Crippen molar-refractivity contribution < 1.29 is 8.42 Å². The number of fused-ring (bicyclic) bond motifs is 1. The molecule has 0 N–H and O–H groups in total. The number of pyridine rings is 1. The molecule has 5 heteroatoms. The van der Waals surface area contributed by atoms with Crippen molar-refractivity contribution in [1.82, 2.24) is 9.88 Å². The van der Waals surface area contributed by atoms with E-state index in [-0.39, 0.29) is 5.25 Å². The van der Waals surface area contributed by atoms with Crippen LogP contribution in [0.1, 0.15) is 24.1 Å². The van der Waals surface area contributed by atoms with Crippen molar-refractivity contribution in [2.24, 2.45) is 0 Å². The molecule has 0 saturated carbocycles. The molecule has 3 rings (SSSR count). The van der Waals surface area contributed by atoms with Crippen molar-refractivity contribution in [2.75, 3.05) is 19.3 Å². The van der Waals surface area contributed by atoms with E-state index in [0.29, 0.717) is 6.54 Å². The lowest BCUT2D eigenvalue weighted by Gasteiger charge is -2.31. The normalized spacial score (nSPS) is 20.4. The molecule has 118 valence electrons. The number of hydrogen-bond acceptors (Lipinski definition) is 4. The van der Waals surface area contributed by atoms with Crippen LogP contribution in [0.2, 0.25) is 0 Å². The molecule has 2 aromatic rings. The molecule has 22 heavy (non-hydrogen) atoms. The Hall–Kier alpha value is -1.46. The summed E-state index contributed by atoms with van der Waals surface area (Å²) in [5.41, 5.74) is 3.25. The zero-order chi connectivity index (χ0) is 15.7. The standard InChI is InChI=1S/C17H22N2O2S/c1-13-5-7-15-10-14(6-8-17(15)18-13)11-19-9-3-4-16(12-19)22(2,20)21/h5-8,10,16H,3-4,9,11-12H2,1-2H3. The van der Waals surface area contributed by atoms with Crippen molar-refractivity contribution in [3.63, 3.8) is 0 Å². The minimum Gasteiger partial charge on any atom is -0.298 e. The first-order valence-electron chi connectivity index (χ1n) is 7.69. The Morgan fingerprint density at radius 1 is 1.27 bits per heavy atom.